The fraction of sp³-hybridized carbons (Fsp3) is 0.294. The van der Waals surface area contributed by atoms with Crippen molar-refractivity contribution in [2.75, 3.05) is 25.5 Å². The molecule has 1 aromatic carbocycles. The van der Waals surface area contributed by atoms with Gasteiger partial charge in [0.1, 0.15) is 18.5 Å². The van der Waals surface area contributed by atoms with Crippen molar-refractivity contribution in [2.24, 2.45) is 0 Å². The summed E-state index contributed by atoms with van der Waals surface area (Å²) in [6.07, 6.45) is 2.18. The number of rotatable bonds is 5. The number of carbonyl (C=O) groups excluding carboxylic acids is 1. The lowest BCUT2D eigenvalue weighted by Crippen LogP contribution is -2.34. The molecule has 0 saturated heterocycles. The van der Waals surface area contributed by atoms with Crippen molar-refractivity contribution >= 4 is 11.7 Å². The van der Waals surface area contributed by atoms with E-state index in [1.807, 2.05) is 24.3 Å². The van der Waals surface area contributed by atoms with Crippen LogP contribution in [0.25, 0.3) is 0 Å². The van der Waals surface area contributed by atoms with Gasteiger partial charge in [-0.1, -0.05) is 12.1 Å². The number of aromatic nitrogens is 1. The summed E-state index contributed by atoms with van der Waals surface area (Å²) in [5.74, 6) is 2.11. The molecule has 0 saturated carbocycles. The number of para-hydroxylation sites is 2. The molecule has 6 nitrogen and oxygen atoms in total. The van der Waals surface area contributed by atoms with Crippen molar-refractivity contribution in [3.63, 3.8) is 0 Å². The van der Waals surface area contributed by atoms with E-state index in [1.165, 1.54) is 0 Å². The molecular formula is C17H19N3O3. The van der Waals surface area contributed by atoms with Gasteiger partial charge < -0.3 is 20.1 Å². The Bertz CT molecular complexity index is 673. The highest BCUT2D eigenvalue weighted by Gasteiger charge is 2.20. The lowest BCUT2D eigenvalue weighted by molar-refractivity contribution is 0.0812. The SMILES string of the molecule is CNc1ccc(C(=O)NCCC2COc3ccccc3O2)cn1. The van der Waals surface area contributed by atoms with E-state index in [0.29, 0.717) is 25.1 Å². The van der Waals surface area contributed by atoms with Gasteiger partial charge in [0.25, 0.3) is 5.91 Å². The van der Waals surface area contributed by atoms with E-state index in [1.54, 1.807) is 25.4 Å². The van der Waals surface area contributed by atoms with E-state index < -0.39 is 0 Å². The Morgan fingerprint density at radius 2 is 2.09 bits per heavy atom. The zero-order chi connectivity index (χ0) is 16.1. The lowest BCUT2D eigenvalue weighted by Gasteiger charge is -2.26. The zero-order valence-corrected chi connectivity index (χ0v) is 12.9. The third kappa shape index (κ3) is 3.71. The molecule has 0 aliphatic carbocycles. The Morgan fingerprint density at radius 3 is 2.83 bits per heavy atom. The average Bonchev–Trinajstić information content (AvgIpc) is 2.61. The number of carbonyl (C=O) groups is 1. The van der Waals surface area contributed by atoms with Crippen LogP contribution in [0.4, 0.5) is 5.82 Å². The van der Waals surface area contributed by atoms with Crippen molar-refractivity contribution in [3.05, 3.63) is 48.2 Å². The second kappa shape index (κ2) is 7.00. The second-order valence-electron chi connectivity index (χ2n) is 5.22. The molecular weight excluding hydrogens is 294 g/mol. The maximum atomic E-state index is 12.0. The maximum absolute atomic E-state index is 12.0. The number of pyridine rings is 1. The molecule has 1 unspecified atom stereocenters. The minimum Gasteiger partial charge on any atom is -0.486 e. The Kier molecular flexibility index (Phi) is 4.61. The van der Waals surface area contributed by atoms with Crippen LogP contribution in [0.3, 0.4) is 0 Å². The highest BCUT2D eigenvalue weighted by Crippen LogP contribution is 2.31. The van der Waals surface area contributed by atoms with Gasteiger partial charge in [0.05, 0.1) is 5.56 Å². The minimum absolute atomic E-state index is 0.0602. The summed E-state index contributed by atoms with van der Waals surface area (Å²) in [5, 5.41) is 5.79. The maximum Gasteiger partial charge on any atom is 0.252 e. The molecule has 1 amide bonds. The summed E-state index contributed by atoms with van der Waals surface area (Å²) in [4.78, 5) is 16.2. The number of nitrogens with zero attached hydrogens (tertiary/aromatic N) is 1. The highest BCUT2D eigenvalue weighted by atomic mass is 16.6. The molecule has 2 heterocycles. The Balaban J connectivity index is 1.47. The first-order chi connectivity index (χ1) is 11.3. The minimum atomic E-state index is -0.141. The third-order valence-corrected chi connectivity index (χ3v) is 3.60. The van der Waals surface area contributed by atoms with Gasteiger partial charge in [-0.2, -0.15) is 0 Å². The summed E-state index contributed by atoms with van der Waals surface area (Å²) in [6, 6.07) is 11.1. The number of benzene rings is 1. The summed E-state index contributed by atoms with van der Waals surface area (Å²) in [5.41, 5.74) is 0.537. The highest BCUT2D eigenvalue weighted by molar-refractivity contribution is 5.94. The molecule has 2 N–H and O–H groups in total. The first-order valence-electron chi connectivity index (χ1n) is 7.57. The molecule has 0 fully saturated rings. The van der Waals surface area contributed by atoms with Crippen molar-refractivity contribution in [1.82, 2.24) is 10.3 Å². The van der Waals surface area contributed by atoms with Gasteiger partial charge in [-0.15, -0.1) is 0 Å². The molecule has 3 rings (SSSR count). The number of ether oxygens (including phenoxy) is 2. The summed E-state index contributed by atoms with van der Waals surface area (Å²) in [7, 11) is 1.78. The number of nitrogens with one attached hydrogen (secondary N) is 2. The summed E-state index contributed by atoms with van der Waals surface area (Å²) in [6.45, 7) is 1.01. The predicted octanol–water partition coefficient (Wildman–Crippen LogP) is 2.08. The Hall–Kier alpha value is -2.76. The number of amides is 1. The Labute approximate surface area is 134 Å². The fourth-order valence-electron chi connectivity index (χ4n) is 2.33. The number of hydrogen-bond donors (Lipinski definition) is 2. The smallest absolute Gasteiger partial charge is 0.252 e. The molecule has 1 aromatic heterocycles. The van der Waals surface area contributed by atoms with E-state index in [9.17, 15) is 4.79 Å². The first-order valence-corrected chi connectivity index (χ1v) is 7.57. The molecule has 6 heteroatoms. The molecule has 0 bridgehead atoms. The van der Waals surface area contributed by atoms with Crippen LogP contribution in [0, 0.1) is 0 Å². The van der Waals surface area contributed by atoms with Gasteiger partial charge in [-0.25, -0.2) is 4.98 Å². The van der Waals surface area contributed by atoms with Crippen LogP contribution in [0.5, 0.6) is 11.5 Å². The molecule has 0 spiro atoms. The number of anilines is 1. The van der Waals surface area contributed by atoms with E-state index in [4.69, 9.17) is 9.47 Å². The van der Waals surface area contributed by atoms with Crippen LogP contribution in [-0.4, -0.2) is 37.2 Å². The average molecular weight is 313 g/mol. The first kappa shape index (κ1) is 15.1. The summed E-state index contributed by atoms with van der Waals surface area (Å²) >= 11 is 0. The van der Waals surface area contributed by atoms with E-state index in [-0.39, 0.29) is 12.0 Å². The second-order valence-corrected chi connectivity index (χ2v) is 5.22. The standard InChI is InChI=1S/C17H19N3O3/c1-18-16-7-6-12(10-20-16)17(21)19-9-8-13-11-22-14-4-2-3-5-15(14)23-13/h2-7,10,13H,8-9,11H2,1H3,(H,18,20)(H,19,21). The largest absolute Gasteiger partial charge is 0.486 e. The number of hydrogen-bond acceptors (Lipinski definition) is 5. The van der Waals surface area contributed by atoms with Crippen LogP contribution in [0.15, 0.2) is 42.6 Å². The predicted molar refractivity (Wildman–Crippen MR) is 87.1 cm³/mol. The van der Waals surface area contributed by atoms with Gasteiger partial charge in [-0.3, -0.25) is 4.79 Å². The van der Waals surface area contributed by atoms with Gasteiger partial charge in [0.15, 0.2) is 11.5 Å². The van der Waals surface area contributed by atoms with E-state index in [2.05, 4.69) is 15.6 Å². The van der Waals surface area contributed by atoms with Crippen LogP contribution >= 0.6 is 0 Å². The van der Waals surface area contributed by atoms with E-state index >= 15 is 0 Å². The van der Waals surface area contributed by atoms with Crippen LogP contribution in [0.2, 0.25) is 0 Å². The quantitative estimate of drug-likeness (QED) is 0.884. The fourth-order valence-corrected chi connectivity index (χ4v) is 2.33. The van der Waals surface area contributed by atoms with Crippen LogP contribution in [0.1, 0.15) is 16.8 Å². The lowest BCUT2D eigenvalue weighted by atomic mass is 10.2. The molecule has 23 heavy (non-hydrogen) atoms. The zero-order valence-electron chi connectivity index (χ0n) is 12.9. The van der Waals surface area contributed by atoms with Crippen molar-refractivity contribution in [2.45, 2.75) is 12.5 Å². The summed E-state index contributed by atoms with van der Waals surface area (Å²) < 4.78 is 11.5. The van der Waals surface area contributed by atoms with Gasteiger partial charge in [0, 0.05) is 26.2 Å². The molecule has 2 aromatic rings. The van der Waals surface area contributed by atoms with Gasteiger partial charge >= 0.3 is 0 Å². The van der Waals surface area contributed by atoms with Gasteiger partial charge in [0.2, 0.25) is 0 Å². The van der Waals surface area contributed by atoms with Gasteiger partial charge in [-0.05, 0) is 24.3 Å². The monoisotopic (exact) mass is 313 g/mol. The van der Waals surface area contributed by atoms with E-state index in [0.717, 1.165) is 17.3 Å². The third-order valence-electron chi connectivity index (χ3n) is 3.60. The van der Waals surface area contributed by atoms with Crippen LogP contribution in [-0.2, 0) is 0 Å². The molecule has 1 atom stereocenters. The van der Waals surface area contributed by atoms with Crippen molar-refractivity contribution < 1.29 is 14.3 Å². The van der Waals surface area contributed by atoms with Crippen molar-refractivity contribution in [3.8, 4) is 11.5 Å². The molecule has 1 aliphatic heterocycles. The van der Waals surface area contributed by atoms with Crippen molar-refractivity contribution in [1.29, 1.82) is 0 Å². The molecule has 1 aliphatic rings. The Morgan fingerprint density at radius 1 is 1.26 bits per heavy atom. The molecule has 0 radical (unpaired) electrons. The van der Waals surface area contributed by atoms with Crippen LogP contribution < -0.4 is 20.1 Å². The topological polar surface area (TPSA) is 72.5 Å². The normalized spacial score (nSPS) is 15.8. The molecule has 120 valence electrons. The number of fused-ring (bicyclic) bond motifs is 1.